The average molecular weight is 250 g/mol. The zero-order valence-corrected chi connectivity index (χ0v) is 10.2. The molecule has 0 fully saturated rings. The van der Waals surface area contributed by atoms with Crippen LogP contribution >= 0.6 is 0 Å². The van der Waals surface area contributed by atoms with E-state index < -0.39 is 5.97 Å². The third kappa shape index (κ3) is 6.52. The molecular formula is C13H18N2O3. The molecule has 98 valence electrons. The Morgan fingerprint density at radius 2 is 1.78 bits per heavy atom. The Balaban J connectivity index is 2.05. The molecule has 0 saturated heterocycles. The Morgan fingerprint density at radius 3 is 2.44 bits per heavy atom. The summed E-state index contributed by atoms with van der Waals surface area (Å²) in [5.74, 6) is -0.773. The van der Waals surface area contributed by atoms with Gasteiger partial charge in [0, 0.05) is 18.7 Å². The number of rotatable bonds is 7. The maximum atomic E-state index is 11.4. The number of carboxylic acid groups (broad SMARTS) is 1. The van der Waals surface area contributed by atoms with E-state index in [4.69, 9.17) is 5.11 Å². The molecule has 18 heavy (non-hydrogen) atoms. The minimum atomic E-state index is -0.773. The lowest BCUT2D eigenvalue weighted by Gasteiger charge is -2.07. The van der Waals surface area contributed by atoms with Crippen molar-refractivity contribution in [2.75, 3.05) is 11.9 Å². The Labute approximate surface area is 106 Å². The molecule has 5 heteroatoms. The minimum absolute atomic E-state index is 0.191. The van der Waals surface area contributed by atoms with Crippen LogP contribution in [0.15, 0.2) is 30.3 Å². The first kappa shape index (κ1) is 14.0. The first-order valence-electron chi connectivity index (χ1n) is 6.00. The number of hydrogen-bond acceptors (Lipinski definition) is 2. The Hall–Kier alpha value is -2.04. The number of carbonyl (C=O) groups is 2. The quantitative estimate of drug-likeness (QED) is 0.650. The zero-order chi connectivity index (χ0) is 13.2. The van der Waals surface area contributed by atoms with E-state index >= 15 is 0 Å². The van der Waals surface area contributed by atoms with Crippen LogP contribution < -0.4 is 10.6 Å². The monoisotopic (exact) mass is 250 g/mol. The number of carbonyl (C=O) groups excluding carboxylic acids is 1. The molecule has 0 bridgehead atoms. The summed E-state index contributed by atoms with van der Waals surface area (Å²) in [6, 6.07) is 8.97. The van der Waals surface area contributed by atoms with Crippen molar-refractivity contribution < 1.29 is 14.7 Å². The van der Waals surface area contributed by atoms with Crippen molar-refractivity contribution in [3.8, 4) is 0 Å². The molecule has 0 unspecified atom stereocenters. The van der Waals surface area contributed by atoms with Crippen LogP contribution in [0.4, 0.5) is 10.5 Å². The molecular weight excluding hydrogens is 232 g/mol. The van der Waals surface area contributed by atoms with Crippen LogP contribution in [-0.4, -0.2) is 23.7 Å². The summed E-state index contributed by atoms with van der Waals surface area (Å²) in [5.41, 5.74) is 0.751. The predicted octanol–water partition coefficient (Wildman–Crippen LogP) is 2.45. The fourth-order valence-corrected chi connectivity index (χ4v) is 1.48. The summed E-state index contributed by atoms with van der Waals surface area (Å²) in [7, 11) is 0. The van der Waals surface area contributed by atoms with Gasteiger partial charge in [0.05, 0.1) is 0 Å². The SMILES string of the molecule is O=C(O)CCCCCNC(=O)Nc1ccccc1. The van der Waals surface area contributed by atoms with Crippen molar-refractivity contribution in [2.24, 2.45) is 0 Å². The van der Waals surface area contributed by atoms with Crippen LogP contribution in [0, 0.1) is 0 Å². The molecule has 0 radical (unpaired) electrons. The van der Waals surface area contributed by atoms with Crippen molar-refractivity contribution in [1.29, 1.82) is 0 Å². The standard InChI is InChI=1S/C13H18N2O3/c16-12(17)9-5-2-6-10-14-13(18)15-11-7-3-1-4-8-11/h1,3-4,7-8H,2,5-6,9-10H2,(H,16,17)(H2,14,15,18). The molecule has 0 atom stereocenters. The second-order valence-corrected chi connectivity index (χ2v) is 3.95. The first-order chi connectivity index (χ1) is 8.68. The van der Waals surface area contributed by atoms with Gasteiger partial charge in [-0.3, -0.25) is 4.79 Å². The smallest absolute Gasteiger partial charge is 0.319 e. The molecule has 3 N–H and O–H groups in total. The predicted molar refractivity (Wildman–Crippen MR) is 69.6 cm³/mol. The van der Waals surface area contributed by atoms with Crippen LogP contribution in [0.25, 0.3) is 0 Å². The number of benzene rings is 1. The number of unbranched alkanes of at least 4 members (excludes halogenated alkanes) is 2. The highest BCUT2D eigenvalue weighted by Gasteiger charge is 2.00. The summed E-state index contributed by atoms with van der Waals surface area (Å²) in [5, 5.41) is 13.9. The largest absolute Gasteiger partial charge is 0.481 e. The molecule has 0 aliphatic carbocycles. The Morgan fingerprint density at radius 1 is 1.06 bits per heavy atom. The van der Waals surface area contributed by atoms with Crippen molar-refractivity contribution in [3.05, 3.63) is 30.3 Å². The number of urea groups is 1. The van der Waals surface area contributed by atoms with Gasteiger partial charge in [0.1, 0.15) is 0 Å². The number of para-hydroxylation sites is 1. The molecule has 1 rings (SSSR count). The first-order valence-corrected chi connectivity index (χ1v) is 6.00. The highest BCUT2D eigenvalue weighted by Crippen LogP contribution is 2.04. The molecule has 0 heterocycles. The van der Waals surface area contributed by atoms with Crippen molar-refractivity contribution in [1.82, 2.24) is 5.32 Å². The van der Waals surface area contributed by atoms with E-state index in [2.05, 4.69) is 10.6 Å². The Kier molecular flexibility index (Phi) is 6.32. The van der Waals surface area contributed by atoms with Crippen LogP contribution in [0.1, 0.15) is 25.7 Å². The van der Waals surface area contributed by atoms with Gasteiger partial charge in [0.25, 0.3) is 0 Å². The van der Waals surface area contributed by atoms with Gasteiger partial charge in [-0.05, 0) is 25.0 Å². The number of anilines is 1. The van der Waals surface area contributed by atoms with E-state index in [1.807, 2.05) is 30.3 Å². The van der Waals surface area contributed by atoms with E-state index in [1.54, 1.807) is 0 Å². The fourth-order valence-electron chi connectivity index (χ4n) is 1.48. The van der Waals surface area contributed by atoms with Crippen LogP contribution in [0.5, 0.6) is 0 Å². The van der Waals surface area contributed by atoms with E-state index in [0.717, 1.165) is 18.5 Å². The summed E-state index contributed by atoms with van der Waals surface area (Å²) >= 11 is 0. The van der Waals surface area contributed by atoms with Gasteiger partial charge in [0.15, 0.2) is 0 Å². The lowest BCUT2D eigenvalue weighted by molar-refractivity contribution is -0.137. The molecule has 0 spiro atoms. The average Bonchev–Trinajstić information content (AvgIpc) is 2.34. The topological polar surface area (TPSA) is 78.4 Å². The normalized spacial score (nSPS) is 9.78. The molecule has 1 aromatic carbocycles. The summed E-state index contributed by atoms with van der Waals surface area (Å²) in [4.78, 5) is 21.7. The summed E-state index contributed by atoms with van der Waals surface area (Å²) < 4.78 is 0. The van der Waals surface area contributed by atoms with Gasteiger partial charge in [-0.1, -0.05) is 24.6 Å². The maximum Gasteiger partial charge on any atom is 0.319 e. The zero-order valence-electron chi connectivity index (χ0n) is 10.2. The van der Waals surface area contributed by atoms with Crippen molar-refractivity contribution >= 4 is 17.7 Å². The van der Waals surface area contributed by atoms with Gasteiger partial charge < -0.3 is 15.7 Å². The van der Waals surface area contributed by atoms with Gasteiger partial charge in [-0.15, -0.1) is 0 Å². The second kappa shape index (κ2) is 8.11. The van der Waals surface area contributed by atoms with Gasteiger partial charge in [-0.25, -0.2) is 4.79 Å². The lowest BCUT2D eigenvalue weighted by atomic mass is 10.2. The van der Waals surface area contributed by atoms with Crippen LogP contribution in [0.3, 0.4) is 0 Å². The maximum absolute atomic E-state index is 11.4. The Bertz CT molecular complexity index is 379. The van der Waals surface area contributed by atoms with E-state index in [9.17, 15) is 9.59 Å². The highest BCUT2D eigenvalue weighted by molar-refractivity contribution is 5.89. The van der Waals surface area contributed by atoms with Crippen LogP contribution in [-0.2, 0) is 4.79 Å². The number of amides is 2. The van der Waals surface area contributed by atoms with Crippen LogP contribution in [0.2, 0.25) is 0 Å². The molecule has 5 nitrogen and oxygen atoms in total. The van der Waals surface area contributed by atoms with Gasteiger partial charge in [0.2, 0.25) is 0 Å². The van der Waals surface area contributed by atoms with Gasteiger partial charge >= 0.3 is 12.0 Å². The third-order valence-corrected chi connectivity index (χ3v) is 2.38. The highest BCUT2D eigenvalue weighted by atomic mass is 16.4. The molecule has 0 aliphatic heterocycles. The summed E-state index contributed by atoms with van der Waals surface area (Å²) in [6.07, 6.45) is 2.43. The van der Waals surface area contributed by atoms with E-state index in [1.165, 1.54) is 0 Å². The number of nitrogens with one attached hydrogen (secondary N) is 2. The molecule has 0 aliphatic rings. The molecule has 1 aromatic rings. The molecule has 0 aromatic heterocycles. The second-order valence-electron chi connectivity index (χ2n) is 3.95. The molecule has 0 saturated carbocycles. The molecule has 2 amide bonds. The number of carboxylic acids is 1. The summed E-state index contributed by atoms with van der Waals surface area (Å²) in [6.45, 7) is 0.554. The van der Waals surface area contributed by atoms with Crippen molar-refractivity contribution in [2.45, 2.75) is 25.7 Å². The van der Waals surface area contributed by atoms with Gasteiger partial charge in [-0.2, -0.15) is 0 Å². The van der Waals surface area contributed by atoms with E-state index in [-0.39, 0.29) is 12.5 Å². The van der Waals surface area contributed by atoms with E-state index in [0.29, 0.717) is 13.0 Å². The third-order valence-electron chi connectivity index (χ3n) is 2.38. The number of hydrogen-bond donors (Lipinski definition) is 3. The fraction of sp³-hybridized carbons (Fsp3) is 0.385. The van der Waals surface area contributed by atoms with Crippen molar-refractivity contribution in [3.63, 3.8) is 0 Å². The lowest BCUT2D eigenvalue weighted by Crippen LogP contribution is -2.29. The minimum Gasteiger partial charge on any atom is -0.481 e. The number of aliphatic carboxylic acids is 1.